The molecule has 20 heteroatoms. The Balaban J connectivity index is 1.41. The predicted octanol–water partition coefficient (Wildman–Crippen LogP) is 6.27. The summed E-state index contributed by atoms with van der Waals surface area (Å²) in [4.78, 5) is 99.3. The maximum absolute atomic E-state index is 16.1. The minimum atomic E-state index is -2.63. The van der Waals surface area contributed by atoms with Crippen molar-refractivity contribution >= 4 is 76.5 Å². The third kappa shape index (κ3) is 9.76. The van der Waals surface area contributed by atoms with Gasteiger partial charge in [0.25, 0.3) is 5.91 Å². The maximum Gasteiger partial charge on any atom is 0.508 e. The Labute approximate surface area is 425 Å². The van der Waals surface area contributed by atoms with Crippen LogP contribution in [-0.4, -0.2) is 117 Å². The smallest absolute Gasteiger partial charge is 0.456 e. The quantitative estimate of drug-likeness (QED) is 0.0785. The standard InChI is InChI=1S/C50H52Cl3NO16/c1-26-32(67-44(61)37(57)36(29-16-10-7-11-17-29)54-42(59)30-18-12-8-13-19-30)23-49(63)41(69-43(60)31-20-14-9-15-21-31)39-47(6,40(58)38(66-27(2)55)35(26)46(49,4)5)33(68-45(62)65-25-50(51,52)53)22-34-48(39,24-64-34)70-28(3)56/h7-21,32-34,36-39,41,57,63H,22-25H2,1-6H3,(H,54,59)/t32?,33-,34+,36?,37?,38+,39?,41?,47+,48-,49+/m0/s1/i8D,12D,13D,18D,19D. The molecule has 3 fully saturated rings. The average Bonchev–Trinajstić information content (AvgIpc) is 3.34. The molecule has 2 bridgehead atoms. The van der Waals surface area contributed by atoms with Crippen molar-refractivity contribution < 1.29 is 83.8 Å². The average molecular weight is 1030 g/mol. The summed E-state index contributed by atoms with van der Waals surface area (Å²) in [5.74, 6) is -8.63. The van der Waals surface area contributed by atoms with Gasteiger partial charge >= 0.3 is 30.0 Å². The van der Waals surface area contributed by atoms with Crippen molar-refractivity contribution in [3.8, 4) is 0 Å². The number of amides is 1. The van der Waals surface area contributed by atoms with E-state index >= 15 is 4.79 Å². The van der Waals surface area contributed by atoms with E-state index in [0.717, 1.165) is 13.8 Å². The van der Waals surface area contributed by atoms with Crippen LogP contribution in [0.5, 0.6) is 0 Å². The lowest BCUT2D eigenvalue weighted by molar-refractivity contribution is -0.346. The van der Waals surface area contributed by atoms with E-state index in [1.165, 1.54) is 76.2 Å². The van der Waals surface area contributed by atoms with Crippen LogP contribution in [-0.2, 0) is 52.3 Å². The van der Waals surface area contributed by atoms with Crippen molar-refractivity contribution in [1.82, 2.24) is 5.32 Å². The van der Waals surface area contributed by atoms with Crippen molar-refractivity contribution in [2.24, 2.45) is 16.7 Å². The zero-order chi connectivity index (χ0) is 55.5. The molecule has 17 nitrogen and oxygen atoms in total. The highest BCUT2D eigenvalue weighted by Crippen LogP contribution is 2.65. The van der Waals surface area contributed by atoms with Crippen LogP contribution in [0.25, 0.3) is 0 Å². The van der Waals surface area contributed by atoms with E-state index < -0.39 is 178 Å². The molecule has 4 aliphatic rings. The molecule has 374 valence electrons. The van der Waals surface area contributed by atoms with E-state index in [0.29, 0.717) is 0 Å². The van der Waals surface area contributed by atoms with E-state index in [-0.39, 0.29) is 22.3 Å². The molecule has 11 atom stereocenters. The summed E-state index contributed by atoms with van der Waals surface area (Å²) in [7, 11) is 0. The Morgan fingerprint density at radius 2 is 1.51 bits per heavy atom. The number of rotatable bonds is 12. The second-order valence-electron chi connectivity index (χ2n) is 18.2. The normalized spacial score (nSPS) is 30.7. The third-order valence-corrected chi connectivity index (χ3v) is 14.1. The van der Waals surface area contributed by atoms with Gasteiger partial charge in [0.2, 0.25) is 3.79 Å². The van der Waals surface area contributed by atoms with Gasteiger partial charge in [-0.05, 0) is 54.8 Å². The summed E-state index contributed by atoms with van der Waals surface area (Å²) in [5, 5.41) is 28.4. The van der Waals surface area contributed by atoms with Crippen molar-refractivity contribution in [1.29, 1.82) is 0 Å². The van der Waals surface area contributed by atoms with Crippen molar-refractivity contribution in [3.05, 3.63) is 119 Å². The van der Waals surface area contributed by atoms with Gasteiger partial charge < -0.3 is 48.7 Å². The van der Waals surface area contributed by atoms with Crippen molar-refractivity contribution in [2.75, 3.05) is 13.2 Å². The molecule has 70 heavy (non-hydrogen) atoms. The SMILES string of the molecule is [2H]c1c([2H])c([2H])c(C(=O)NC(c2ccccc2)C(O)C(=O)OC2C[C@@]3(O)C(OC(=O)c4ccccc4)C4[C@](C)(C(=O)[C@H](OC(C)=O)C(=C2C)C3(C)C)[C@@H](OC(=O)OCC(Cl)(Cl)Cl)C[C@H]2OC[C@@]42OC(C)=O)c([2H])c1[2H]. The first-order valence-corrected chi connectivity index (χ1v) is 23.0. The number of ketones is 1. The first-order chi connectivity index (χ1) is 34.9. The number of Topliss-reactive ketones (excluding diaryl/α,β-unsaturated/α-hetero) is 1. The number of aliphatic hydroxyl groups excluding tert-OH is 1. The monoisotopic (exact) mass is 1030 g/mol. The first-order valence-electron chi connectivity index (χ1n) is 24.4. The molecular weight excluding hydrogens is 977 g/mol. The van der Waals surface area contributed by atoms with Gasteiger partial charge in [0.15, 0.2) is 23.6 Å². The van der Waals surface area contributed by atoms with Gasteiger partial charge in [-0.2, -0.15) is 0 Å². The third-order valence-electron chi connectivity index (χ3n) is 13.7. The summed E-state index contributed by atoms with van der Waals surface area (Å²) in [6, 6.07) is 8.94. The highest BCUT2D eigenvalue weighted by molar-refractivity contribution is 6.67. The van der Waals surface area contributed by atoms with Crippen molar-refractivity contribution in [2.45, 2.75) is 112 Å². The summed E-state index contributed by atoms with van der Waals surface area (Å²) >= 11 is 17.6. The van der Waals surface area contributed by atoms with Gasteiger partial charge in [-0.3, -0.25) is 19.2 Å². The van der Waals surface area contributed by atoms with Crippen LogP contribution in [0.2, 0.25) is 0 Å². The molecular formula is C50H52Cl3NO16. The Hall–Kier alpha value is -5.56. The Morgan fingerprint density at radius 3 is 2.09 bits per heavy atom. The first kappa shape index (κ1) is 45.6. The van der Waals surface area contributed by atoms with Crippen LogP contribution >= 0.6 is 34.8 Å². The van der Waals surface area contributed by atoms with Crippen LogP contribution in [0.3, 0.4) is 0 Å². The van der Waals surface area contributed by atoms with Crippen LogP contribution in [0, 0.1) is 16.7 Å². The highest BCUT2D eigenvalue weighted by atomic mass is 35.6. The van der Waals surface area contributed by atoms with Gasteiger partial charge in [-0.15, -0.1) is 0 Å². The second kappa shape index (κ2) is 19.9. The number of carbonyl (C=O) groups is 7. The van der Waals surface area contributed by atoms with E-state index in [2.05, 4.69) is 5.32 Å². The minimum Gasteiger partial charge on any atom is -0.456 e. The molecule has 3 aliphatic carbocycles. The molecule has 2 saturated carbocycles. The minimum absolute atomic E-state index is 0.0191. The zero-order valence-corrected chi connectivity index (χ0v) is 40.7. The number of fused-ring (bicyclic) bond motifs is 5. The van der Waals surface area contributed by atoms with Gasteiger partial charge in [-0.25, -0.2) is 14.4 Å². The maximum atomic E-state index is 16.1. The zero-order valence-electron chi connectivity index (χ0n) is 43.5. The lowest BCUT2D eigenvalue weighted by atomic mass is 9.44. The molecule has 1 heterocycles. The summed E-state index contributed by atoms with van der Waals surface area (Å²) < 4.78 is 80.3. The number of esters is 4. The number of halogens is 3. The van der Waals surface area contributed by atoms with Gasteiger partial charge in [0, 0.05) is 37.7 Å². The van der Waals surface area contributed by atoms with Crippen LogP contribution in [0.4, 0.5) is 4.79 Å². The largest absolute Gasteiger partial charge is 0.508 e. The Bertz CT molecular complexity index is 2830. The van der Waals surface area contributed by atoms with E-state index in [9.17, 15) is 39.0 Å². The second-order valence-corrected chi connectivity index (χ2v) is 20.7. The lowest BCUT2D eigenvalue weighted by Gasteiger charge is -2.67. The number of alkyl halides is 3. The van der Waals surface area contributed by atoms with E-state index in [1.54, 1.807) is 12.1 Å². The molecule has 0 radical (unpaired) electrons. The van der Waals surface area contributed by atoms with E-state index in [4.69, 9.17) is 74.8 Å². The molecule has 3 N–H and O–H groups in total. The fraction of sp³-hybridized carbons (Fsp3) is 0.460. The number of aliphatic hydroxyl groups is 2. The summed E-state index contributed by atoms with van der Waals surface area (Å²) in [5.41, 5.74) is -9.82. The van der Waals surface area contributed by atoms with Gasteiger partial charge in [-0.1, -0.05) is 115 Å². The molecule has 0 spiro atoms. The fourth-order valence-electron chi connectivity index (χ4n) is 10.4. The molecule has 1 saturated heterocycles. The lowest BCUT2D eigenvalue weighted by Crippen LogP contribution is -2.82. The number of benzene rings is 3. The summed E-state index contributed by atoms with van der Waals surface area (Å²) in [6.07, 6.45) is -13.8. The van der Waals surface area contributed by atoms with Gasteiger partial charge in [0.05, 0.1) is 36.4 Å². The van der Waals surface area contributed by atoms with Crippen LogP contribution in [0.1, 0.15) is 93.6 Å². The number of ether oxygens (including phenoxy) is 7. The van der Waals surface area contributed by atoms with E-state index in [1.807, 2.05) is 0 Å². The fourth-order valence-corrected chi connectivity index (χ4v) is 10.5. The van der Waals surface area contributed by atoms with Gasteiger partial charge in [0.1, 0.15) is 36.6 Å². The number of hydrogen-bond donors (Lipinski definition) is 3. The highest BCUT2D eigenvalue weighted by Gasteiger charge is 2.79. The number of hydrogen-bond acceptors (Lipinski definition) is 16. The Morgan fingerprint density at radius 1 is 0.886 bits per heavy atom. The topological polar surface area (TPSA) is 237 Å². The molecule has 5 unspecified atom stereocenters. The number of carbonyl (C=O) groups excluding carboxylic acids is 7. The molecule has 7 rings (SSSR count). The molecule has 1 aliphatic heterocycles. The number of nitrogens with one attached hydrogen (secondary N) is 1. The van der Waals surface area contributed by atoms with Crippen molar-refractivity contribution in [3.63, 3.8) is 0 Å². The Kier molecular flexibility index (Phi) is 13.0. The summed E-state index contributed by atoms with van der Waals surface area (Å²) in [6.45, 7) is 6.33. The van der Waals surface area contributed by atoms with Crippen LogP contribution in [0.15, 0.2) is 102 Å². The predicted molar refractivity (Wildman–Crippen MR) is 248 cm³/mol. The van der Waals surface area contributed by atoms with Crippen LogP contribution < -0.4 is 5.32 Å². The molecule has 0 aromatic heterocycles. The molecule has 1 amide bonds. The molecule has 3 aromatic rings. The molecule has 3 aromatic carbocycles.